The molecule has 5 aromatic carbocycles. The molecule has 2 saturated heterocycles. The molecule has 11 aromatic rings. The number of aryl methyl sites for hydroxylation is 6. The van der Waals surface area contributed by atoms with E-state index in [1.807, 2.05) is 162 Å². The number of alkyl halides is 3. The van der Waals surface area contributed by atoms with Gasteiger partial charge in [0.1, 0.15) is 0 Å². The predicted molar refractivity (Wildman–Crippen MR) is 521 cm³/mol. The third kappa shape index (κ3) is 28.0. The normalized spacial score (nSPS) is 14.8. The van der Waals surface area contributed by atoms with Crippen molar-refractivity contribution in [2.75, 3.05) is 154 Å². The molecule has 736 valence electrons. The minimum absolute atomic E-state index is 0.00237. The first-order chi connectivity index (χ1) is 64.0. The number of piperazine rings is 1. The average Bonchev–Trinajstić information content (AvgIpc) is 0.796. The third-order valence-electron chi connectivity index (χ3n) is 23.1. The van der Waals surface area contributed by atoms with Crippen LogP contribution in [0.15, 0.2) is 197 Å². The van der Waals surface area contributed by atoms with Crippen LogP contribution in [-0.4, -0.2) is 252 Å². The maximum atomic E-state index is 12.7. The molecule has 0 saturated carbocycles. The number of benzene rings is 5. The molecule has 2 fully saturated rings. The number of halogens is 4. The molecule has 0 aliphatic carbocycles. The van der Waals surface area contributed by atoms with E-state index in [1.165, 1.54) is 103 Å². The van der Waals surface area contributed by atoms with Crippen LogP contribution < -0.4 is 104 Å². The van der Waals surface area contributed by atoms with Gasteiger partial charge in [-0.25, -0.2) is 56.9 Å². The second-order valence-electron chi connectivity index (χ2n) is 34.1. The van der Waals surface area contributed by atoms with Gasteiger partial charge in [-0.15, -0.1) is 30.6 Å². The number of nitrogens with zero attached hydrogens (tertiary/aromatic N) is 25. The van der Waals surface area contributed by atoms with Crippen LogP contribution in [0.2, 0.25) is 5.02 Å². The van der Waals surface area contributed by atoms with Crippen molar-refractivity contribution in [3.05, 3.63) is 303 Å². The summed E-state index contributed by atoms with van der Waals surface area (Å²) in [6.07, 6.45) is -1.39. The van der Waals surface area contributed by atoms with Gasteiger partial charge in [-0.2, -0.15) is 13.2 Å². The summed E-state index contributed by atoms with van der Waals surface area (Å²) >= 11 is 6.05. The number of anilines is 6. The zero-order valence-corrected chi connectivity index (χ0v) is 81.9. The van der Waals surface area contributed by atoms with Crippen molar-refractivity contribution >= 4 is 46.5 Å². The van der Waals surface area contributed by atoms with Crippen LogP contribution in [0.1, 0.15) is 77.3 Å². The molecular weight excluding hydrogens is 1790 g/mol. The molecule has 8 heterocycles. The molecule has 6 aromatic heterocycles. The van der Waals surface area contributed by atoms with Gasteiger partial charge < -0.3 is 60.9 Å². The second-order valence-corrected chi connectivity index (χ2v) is 34.5. The molecule has 0 radical (unpaired) electrons. The molecule has 5 unspecified atom stereocenters. The first-order valence-electron chi connectivity index (χ1n) is 43.5. The van der Waals surface area contributed by atoms with Gasteiger partial charge in [-0.05, 0) is 149 Å². The lowest BCUT2D eigenvalue weighted by molar-refractivity contribution is -0.137. The highest BCUT2D eigenvalue weighted by Crippen LogP contribution is 2.31. The highest BCUT2D eigenvalue weighted by Gasteiger charge is 2.32. The van der Waals surface area contributed by atoms with Gasteiger partial charge >= 0.3 is 40.3 Å². The fraction of sp³-hybridized carbons (Fsp3) is 0.467. The van der Waals surface area contributed by atoms with Crippen molar-refractivity contribution in [2.24, 2.45) is 84.6 Å². The Kier molecular flexibility index (Phi) is 38.5. The monoisotopic (exact) mass is 1910 g/mol. The lowest BCUT2D eigenvalue weighted by atomic mass is 9.99. The van der Waals surface area contributed by atoms with Crippen molar-refractivity contribution in [2.45, 2.75) is 74.7 Å². The fourth-order valence-corrected chi connectivity index (χ4v) is 15.3. The van der Waals surface area contributed by atoms with E-state index in [2.05, 4.69) is 108 Å². The molecule has 13 rings (SSSR count). The number of hydrogen-bond donors (Lipinski definition) is 5. The van der Waals surface area contributed by atoms with Crippen molar-refractivity contribution in [1.82, 2.24) is 116 Å². The predicted octanol–water partition coefficient (Wildman–Crippen LogP) is 1.35. The average molecular weight is 1910 g/mol. The van der Waals surface area contributed by atoms with Crippen molar-refractivity contribution in [3.63, 3.8) is 0 Å². The molecule has 46 heteroatoms. The largest absolute Gasteiger partial charge is 0.416 e. The maximum absolute atomic E-state index is 12.7. The van der Waals surface area contributed by atoms with Crippen LogP contribution >= 0.6 is 11.6 Å². The van der Waals surface area contributed by atoms with E-state index in [1.54, 1.807) is 28.2 Å². The molecule has 136 heavy (non-hydrogen) atoms. The Morgan fingerprint density at radius 2 is 0.801 bits per heavy atom. The summed E-state index contributed by atoms with van der Waals surface area (Å²) in [5, 5.41) is 40.5. The molecule has 0 amide bonds. The zero-order chi connectivity index (χ0) is 101. The number of hydrogen-bond acceptors (Lipinski definition) is 30. The van der Waals surface area contributed by atoms with Gasteiger partial charge in [-0.1, -0.05) is 127 Å². The Balaban J connectivity index is 0.000000201. The minimum atomic E-state index is -4.39. The summed E-state index contributed by atoms with van der Waals surface area (Å²) < 4.78 is 51.3. The number of nitrogens with one attached hydrogen (secondary N) is 5. The highest BCUT2D eigenvalue weighted by atomic mass is 35.5. The van der Waals surface area contributed by atoms with E-state index in [4.69, 9.17) is 11.6 Å². The Labute approximate surface area is 787 Å². The first-order valence-corrected chi connectivity index (χ1v) is 43.9. The quantitative estimate of drug-likeness (QED) is 0.0539. The number of aromatic nitrogens is 18. The Morgan fingerprint density at radius 3 is 1.21 bits per heavy atom. The summed E-state index contributed by atoms with van der Waals surface area (Å²) in [6.45, 7) is 6.89. The van der Waals surface area contributed by atoms with Gasteiger partial charge in [0.15, 0.2) is 0 Å². The SMILES string of the molecule is CN(C)C(CNc1nn(C)c(=O)n(C)c1=O)Cc1ccccc1.CN(C)C(CNc1nn(C)c(=O)n(C)c1=O)c1ccc(C(F)(F)F)cc1.CN(C)C(CNc1nn(C)c(=O)n(C)c1=O)c1cccc(Cl)c1.CN(C)C1CCCN(c2nn(C)c(=O)n(C)c2=O)C1.C[C@H](Nc1nn(C)c(=O)n(C)c1=O)[C@H](c1ccccc1)N(C)C.Cn1nc(N2CCNC(c3ccccc3)C2)c(=O)n(C)c1=O. The molecule has 2 aliphatic rings. The zero-order valence-electron chi connectivity index (χ0n) is 81.2. The van der Waals surface area contributed by atoms with E-state index in [-0.39, 0.29) is 77.2 Å². The summed E-state index contributed by atoms with van der Waals surface area (Å²) in [5.41, 5.74) is -0.721. The van der Waals surface area contributed by atoms with Crippen LogP contribution in [0.25, 0.3) is 0 Å². The van der Waals surface area contributed by atoms with Crippen LogP contribution in [0.3, 0.4) is 0 Å². The summed E-state index contributed by atoms with van der Waals surface area (Å²) in [6, 6.07) is 43.2. The van der Waals surface area contributed by atoms with E-state index in [9.17, 15) is 70.7 Å². The van der Waals surface area contributed by atoms with E-state index < -0.39 is 68.1 Å². The Morgan fingerprint density at radius 1 is 0.419 bits per heavy atom. The van der Waals surface area contributed by atoms with Gasteiger partial charge in [-0.3, -0.25) is 56.2 Å². The molecule has 0 spiro atoms. The van der Waals surface area contributed by atoms with Crippen molar-refractivity contribution < 1.29 is 13.2 Å². The Bertz CT molecular complexity index is 6650. The second kappa shape index (κ2) is 48.5. The Hall–Kier alpha value is -13.6. The number of piperidine rings is 1. The molecule has 0 bridgehead atoms. The molecule has 5 N–H and O–H groups in total. The summed E-state index contributed by atoms with van der Waals surface area (Å²) in [7, 11) is 37.2. The lowest BCUT2D eigenvalue weighted by Gasteiger charge is -2.36. The van der Waals surface area contributed by atoms with Gasteiger partial charge in [0.2, 0.25) is 34.9 Å². The summed E-state index contributed by atoms with van der Waals surface area (Å²) in [5.74, 6) is 1.19. The standard InChI is InChI=1S/C16H20F3N5O2.2C16H23N5O2.C15H20ClN5O2.C15H19N5O2.C12H21N5O2/c1-22(2)12(10-5-7-11(8-6-10)16(17,18)19)9-20-13-14(25)23(3)15(26)24(4)21-13;1-11(13(19(2)3)12-9-7-6-8-10-12)17-14-15(22)20(4)16(23)21(5)18-14;1-19(2)13(10-12-8-6-5-7-9-12)11-17-14-15(22)20(3)16(23)21(4)18-14;1-19(2)12(10-6-5-7-11(16)8-10)9-17-13-14(22)20(3)15(23)21(4)18-13;1-18-14(21)13(17-19(2)15(18)22)20-9-8-16-12(10-20)11-6-4-3-5-7-11;1-14(2)9-6-5-7-17(8-9)10-11(18)15(3)12(19)16(4)13-10/h5-8,12H,9H2,1-4H3,(H,20,21);6-11,13H,1-5H3,(H,17,18);5-9,13H,10-11H2,1-4H3,(H,17,18);5-8,12H,9H2,1-4H3,(H,17,18);3-7,12,16H,8-10H2,1-2H3;9H,5-8H2,1-4H3/t;11-,13+;;;;/m.0..../s1. The maximum Gasteiger partial charge on any atom is 0.416 e. The van der Waals surface area contributed by atoms with Gasteiger partial charge in [0.25, 0.3) is 33.4 Å². The first kappa shape index (κ1) is 108. The summed E-state index contributed by atoms with van der Waals surface area (Å²) in [4.78, 5) is 157. The van der Waals surface area contributed by atoms with Crippen LogP contribution in [0.5, 0.6) is 0 Å². The molecule has 42 nitrogen and oxygen atoms in total. The van der Waals surface area contributed by atoms with Gasteiger partial charge in [0.05, 0.1) is 23.7 Å². The van der Waals surface area contributed by atoms with Crippen LogP contribution in [0.4, 0.5) is 48.1 Å². The number of likely N-dealkylation sites (N-methyl/N-ethyl adjacent to an activating group) is 5. The molecule has 7 atom stereocenters. The fourth-order valence-electron chi connectivity index (χ4n) is 15.1. The molecular formula is C90H126ClF3N30O12. The van der Waals surface area contributed by atoms with Crippen molar-refractivity contribution in [1.29, 1.82) is 0 Å². The molecule has 2 aliphatic heterocycles. The minimum Gasteiger partial charge on any atom is -0.362 e. The van der Waals surface area contributed by atoms with Crippen LogP contribution in [-0.2, 0) is 97.2 Å². The smallest absolute Gasteiger partial charge is 0.362 e. The highest BCUT2D eigenvalue weighted by molar-refractivity contribution is 6.30. The lowest BCUT2D eigenvalue weighted by Crippen LogP contribution is -2.50. The van der Waals surface area contributed by atoms with E-state index >= 15 is 0 Å². The number of rotatable bonds is 25. The van der Waals surface area contributed by atoms with Crippen molar-refractivity contribution in [3.8, 4) is 0 Å². The topological polar surface area (TPSA) is 424 Å². The third-order valence-corrected chi connectivity index (χ3v) is 23.3. The van der Waals surface area contributed by atoms with Gasteiger partial charge in [0, 0.05) is 166 Å². The van der Waals surface area contributed by atoms with E-state index in [0.29, 0.717) is 54.4 Å². The van der Waals surface area contributed by atoms with E-state index in [0.717, 1.165) is 108 Å². The van der Waals surface area contributed by atoms with Crippen LogP contribution in [0, 0.1) is 0 Å².